The van der Waals surface area contributed by atoms with Crippen LogP contribution in [0.5, 0.6) is 0 Å². The molecule has 18 heavy (non-hydrogen) atoms. The van der Waals surface area contributed by atoms with E-state index in [4.69, 9.17) is 5.11 Å². The van der Waals surface area contributed by atoms with E-state index in [1.807, 2.05) is 36.5 Å². The Morgan fingerprint density at radius 2 is 2.22 bits per heavy atom. The number of hydrogen-bond donors (Lipinski definition) is 2. The predicted octanol–water partition coefficient (Wildman–Crippen LogP) is 1.44. The third-order valence-electron chi connectivity index (χ3n) is 2.71. The summed E-state index contributed by atoms with van der Waals surface area (Å²) in [5, 5.41) is 16.0. The van der Waals surface area contributed by atoms with Crippen LogP contribution in [0.2, 0.25) is 0 Å². The SMILES string of the molecule is CC(NCc1ccccc1-n1cccn1)C(=O)O. The number of aliphatic carboxylic acids is 1. The topological polar surface area (TPSA) is 67.2 Å². The van der Waals surface area contributed by atoms with E-state index < -0.39 is 12.0 Å². The summed E-state index contributed by atoms with van der Waals surface area (Å²) in [6.45, 7) is 2.11. The maximum Gasteiger partial charge on any atom is 0.320 e. The fourth-order valence-electron chi connectivity index (χ4n) is 1.65. The van der Waals surface area contributed by atoms with Crippen LogP contribution in [0.15, 0.2) is 42.7 Å². The normalized spacial score (nSPS) is 12.3. The van der Waals surface area contributed by atoms with Crippen LogP contribution in [-0.2, 0) is 11.3 Å². The second-order valence-electron chi connectivity index (χ2n) is 4.02. The van der Waals surface area contributed by atoms with Crippen molar-refractivity contribution in [2.75, 3.05) is 0 Å². The van der Waals surface area contributed by atoms with E-state index in [1.54, 1.807) is 17.8 Å². The standard InChI is InChI=1S/C13H15N3O2/c1-10(13(17)18)14-9-11-5-2-3-6-12(11)16-8-4-7-15-16/h2-8,10,14H,9H2,1H3,(H,17,18). The first-order chi connectivity index (χ1) is 8.68. The van der Waals surface area contributed by atoms with E-state index in [0.29, 0.717) is 6.54 Å². The molecule has 2 N–H and O–H groups in total. The molecule has 5 nitrogen and oxygen atoms in total. The van der Waals surface area contributed by atoms with Gasteiger partial charge in [-0.05, 0) is 24.6 Å². The molecule has 0 saturated heterocycles. The highest BCUT2D eigenvalue weighted by atomic mass is 16.4. The highest BCUT2D eigenvalue weighted by Crippen LogP contribution is 2.13. The van der Waals surface area contributed by atoms with Crippen LogP contribution in [-0.4, -0.2) is 26.9 Å². The molecule has 0 saturated carbocycles. The molecule has 2 aromatic rings. The zero-order valence-electron chi connectivity index (χ0n) is 10.1. The fourth-order valence-corrected chi connectivity index (χ4v) is 1.65. The van der Waals surface area contributed by atoms with Gasteiger partial charge in [-0.15, -0.1) is 0 Å². The van der Waals surface area contributed by atoms with Crippen LogP contribution < -0.4 is 5.32 Å². The summed E-state index contributed by atoms with van der Waals surface area (Å²) < 4.78 is 1.77. The molecule has 0 aliphatic heterocycles. The van der Waals surface area contributed by atoms with Crippen LogP contribution in [0.4, 0.5) is 0 Å². The van der Waals surface area contributed by atoms with Crippen molar-refractivity contribution in [1.82, 2.24) is 15.1 Å². The third kappa shape index (κ3) is 2.75. The second-order valence-corrected chi connectivity index (χ2v) is 4.02. The highest BCUT2D eigenvalue weighted by Gasteiger charge is 2.11. The summed E-state index contributed by atoms with van der Waals surface area (Å²) in [5.74, 6) is -0.855. The van der Waals surface area contributed by atoms with Gasteiger partial charge in [0.2, 0.25) is 0 Å². The fraction of sp³-hybridized carbons (Fsp3) is 0.231. The van der Waals surface area contributed by atoms with Crippen LogP contribution in [0.1, 0.15) is 12.5 Å². The number of carboxylic acids is 1. The summed E-state index contributed by atoms with van der Waals surface area (Å²) >= 11 is 0. The van der Waals surface area contributed by atoms with Gasteiger partial charge >= 0.3 is 5.97 Å². The van der Waals surface area contributed by atoms with Crippen LogP contribution in [0.3, 0.4) is 0 Å². The molecule has 0 aliphatic rings. The minimum absolute atomic E-state index is 0.490. The molecular weight excluding hydrogens is 230 g/mol. The van der Waals surface area contributed by atoms with E-state index in [1.165, 1.54) is 0 Å². The first-order valence-corrected chi connectivity index (χ1v) is 5.72. The van der Waals surface area contributed by atoms with E-state index in [9.17, 15) is 4.79 Å². The van der Waals surface area contributed by atoms with E-state index in [-0.39, 0.29) is 0 Å². The van der Waals surface area contributed by atoms with Gasteiger partial charge in [0.15, 0.2) is 0 Å². The van der Waals surface area contributed by atoms with Gasteiger partial charge in [-0.2, -0.15) is 5.10 Å². The van der Waals surface area contributed by atoms with Crippen molar-refractivity contribution in [2.24, 2.45) is 0 Å². The number of carbonyl (C=O) groups is 1. The molecule has 0 spiro atoms. The Hall–Kier alpha value is -2.14. The van der Waals surface area contributed by atoms with Crippen molar-refractivity contribution in [3.63, 3.8) is 0 Å². The molecule has 0 aliphatic carbocycles. The van der Waals surface area contributed by atoms with Crippen LogP contribution in [0, 0.1) is 0 Å². The number of hydrogen-bond acceptors (Lipinski definition) is 3. The van der Waals surface area contributed by atoms with Crippen molar-refractivity contribution >= 4 is 5.97 Å². The largest absolute Gasteiger partial charge is 0.480 e. The maximum atomic E-state index is 10.8. The Morgan fingerprint density at radius 3 is 2.89 bits per heavy atom. The number of aromatic nitrogens is 2. The quantitative estimate of drug-likeness (QED) is 0.836. The van der Waals surface area contributed by atoms with Gasteiger partial charge in [-0.25, -0.2) is 4.68 Å². The minimum atomic E-state index is -0.855. The van der Waals surface area contributed by atoms with E-state index in [0.717, 1.165) is 11.3 Å². The lowest BCUT2D eigenvalue weighted by atomic mass is 10.1. The Kier molecular flexibility index (Phi) is 3.74. The number of nitrogens with zero attached hydrogens (tertiary/aromatic N) is 2. The molecule has 1 heterocycles. The Labute approximate surface area is 105 Å². The smallest absolute Gasteiger partial charge is 0.320 e. The second kappa shape index (κ2) is 5.46. The molecule has 2 rings (SSSR count). The molecule has 94 valence electrons. The summed E-state index contributed by atoms with van der Waals surface area (Å²) in [7, 11) is 0. The van der Waals surface area contributed by atoms with Crippen molar-refractivity contribution in [1.29, 1.82) is 0 Å². The van der Waals surface area contributed by atoms with Gasteiger partial charge in [0.1, 0.15) is 6.04 Å². The number of carboxylic acid groups (broad SMARTS) is 1. The number of benzene rings is 1. The molecular formula is C13H15N3O2. The minimum Gasteiger partial charge on any atom is -0.480 e. The van der Waals surface area contributed by atoms with Crippen molar-refractivity contribution < 1.29 is 9.90 Å². The van der Waals surface area contributed by atoms with Gasteiger partial charge in [0.25, 0.3) is 0 Å². The molecule has 5 heteroatoms. The van der Waals surface area contributed by atoms with Gasteiger partial charge in [-0.1, -0.05) is 18.2 Å². The maximum absolute atomic E-state index is 10.8. The van der Waals surface area contributed by atoms with Crippen molar-refractivity contribution in [2.45, 2.75) is 19.5 Å². The zero-order chi connectivity index (χ0) is 13.0. The van der Waals surface area contributed by atoms with E-state index >= 15 is 0 Å². The Bertz CT molecular complexity index is 523. The van der Waals surface area contributed by atoms with Crippen molar-refractivity contribution in [3.8, 4) is 5.69 Å². The monoisotopic (exact) mass is 245 g/mol. The lowest BCUT2D eigenvalue weighted by Crippen LogP contribution is -2.33. The van der Waals surface area contributed by atoms with Gasteiger partial charge in [-0.3, -0.25) is 4.79 Å². The van der Waals surface area contributed by atoms with E-state index in [2.05, 4.69) is 10.4 Å². The molecule has 0 bridgehead atoms. The van der Waals surface area contributed by atoms with Gasteiger partial charge in [0.05, 0.1) is 5.69 Å². The molecule has 0 radical (unpaired) electrons. The summed E-state index contributed by atoms with van der Waals surface area (Å²) in [6, 6.07) is 9.05. The summed E-state index contributed by atoms with van der Waals surface area (Å²) in [6.07, 6.45) is 3.57. The number of rotatable bonds is 5. The lowest BCUT2D eigenvalue weighted by molar-refractivity contribution is -0.139. The van der Waals surface area contributed by atoms with Gasteiger partial charge in [0, 0.05) is 18.9 Å². The first kappa shape index (κ1) is 12.3. The molecule has 0 amide bonds. The molecule has 1 aromatic carbocycles. The third-order valence-corrected chi connectivity index (χ3v) is 2.71. The molecule has 1 atom stereocenters. The molecule has 1 aromatic heterocycles. The summed E-state index contributed by atoms with van der Waals surface area (Å²) in [4.78, 5) is 10.8. The average Bonchev–Trinajstić information content (AvgIpc) is 2.89. The molecule has 0 fully saturated rings. The predicted molar refractivity (Wildman–Crippen MR) is 67.5 cm³/mol. The Morgan fingerprint density at radius 1 is 1.44 bits per heavy atom. The van der Waals surface area contributed by atoms with Crippen LogP contribution in [0.25, 0.3) is 5.69 Å². The van der Waals surface area contributed by atoms with Crippen LogP contribution >= 0.6 is 0 Å². The molecule has 1 unspecified atom stereocenters. The Balaban J connectivity index is 2.16. The first-order valence-electron chi connectivity index (χ1n) is 5.72. The van der Waals surface area contributed by atoms with Crippen molar-refractivity contribution in [3.05, 3.63) is 48.3 Å². The number of nitrogens with one attached hydrogen (secondary N) is 1. The average molecular weight is 245 g/mol. The lowest BCUT2D eigenvalue weighted by Gasteiger charge is -2.12. The van der Waals surface area contributed by atoms with Gasteiger partial charge < -0.3 is 10.4 Å². The summed E-state index contributed by atoms with van der Waals surface area (Å²) in [5.41, 5.74) is 1.96. The highest BCUT2D eigenvalue weighted by molar-refractivity contribution is 5.72. The number of para-hydroxylation sites is 1. The zero-order valence-corrected chi connectivity index (χ0v) is 10.1.